The predicted octanol–water partition coefficient (Wildman–Crippen LogP) is 5.34. The smallest absolute Gasteiger partial charge is 0.303 e. The summed E-state index contributed by atoms with van der Waals surface area (Å²) in [5, 5.41) is 18.4. The molecule has 0 amide bonds. The van der Waals surface area contributed by atoms with Crippen molar-refractivity contribution in [3.8, 4) is 34.3 Å². The van der Waals surface area contributed by atoms with Crippen LogP contribution in [-0.4, -0.2) is 21.7 Å². The van der Waals surface area contributed by atoms with Crippen LogP contribution < -0.4 is 4.74 Å². The largest absolute Gasteiger partial charge is 0.490 e. The van der Waals surface area contributed by atoms with Gasteiger partial charge < -0.3 is 14.4 Å². The number of benzene rings is 2. The van der Waals surface area contributed by atoms with Gasteiger partial charge in [0, 0.05) is 30.4 Å². The van der Waals surface area contributed by atoms with Crippen LogP contribution in [0.3, 0.4) is 0 Å². The van der Waals surface area contributed by atoms with Crippen molar-refractivity contribution in [2.45, 2.75) is 39.7 Å². The lowest BCUT2D eigenvalue weighted by molar-refractivity contribution is -0.136. The lowest BCUT2D eigenvalue weighted by Crippen LogP contribution is -2.07. The second kappa shape index (κ2) is 8.87. The highest BCUT2D eigenvalue weighted by atomic mass is 16.5. The van der Waals surface area contributed by atoms with Gasteiger partial charge >= 0.3 is 5.97 Å². The Morgan fingerprint density at radius 2 is 1.87 bits per heavy atom. The maximum absolute atomic E-state index is 10.8. The van der Waals surface area contributed by atoms with E-state index in [9.17, 15) is 10.1 Å². The summed E-state index contributed by atoms with van der Waals surface area (Å²) in [7, 11) is 2.01. The van der Waals surface area contributed by atoms with Crippen molar-refractivity contribution in [3.05, 3.63) is 65.2 Å². The molecular weight excluding hydrogens is 376 g/mol. The van der Waals surface area contributed by atoms with Crippen LogP contribution in [0, 0.1) is 18.3 Å². The number of carbonyl (C=O) groups is 1. The van der Waals surface area contributed by atoms with Gasteiger partial charge in [-0.1, -0.05) is 18.2 Å². The molecule has 3 aromatic rings. The van der Waals surface area contributed by atoms with Crippen LogP contribution >= 0.6 is 0 Å². The van der Waals surface area contributed by atoms with E-state index in [0.717, 1.165) is 33.6 Å². The Bertz CT molecular complexity index is 1120. The number of carboxylic acid groups (broad SMARTS) is 1. The molecule has 30 heavy (non-hydrogen) atoms. The zero-order chi connectivity index (χ0) is 21.8. The third-order valence-corrected chi connectivity index (χ3v) is 5.07. The molecule has 0 atom stereocenters. The molecule has 154 valence electrons. The van der Waals surface area contributed by atoms with Gasteiger partial charge in [0.25, 0.3) is 0 Å². The summed E-state index contributed by atoms with van der Waals surface area (Å²) in [6, 6.07) is 18.1. The standard InChI is InChI=1S/C25H26N2O3/c1-16(2)30-24-11-7-19(14-20(24)15-26)22-9-10-23(27(22)4)21-8-5-18(13-17(21)3)6-12-25(28)29/h5,7-11,13-14,16H,6,12H2,1-4H3,(H,28,29). The maximum atomic E-state index is 10.8. The molecule has 0 fully saturated rings. The highest BCUT2D eigenvalue weighted by Crippen LogP contribution is 2.32. The van der Waals surface area contributed by atoms with Crippen LogP contribution in [0.1, 0.15) is 37.0 Å². The summed E-state index contributed by atoms with van der Waals surface area (Å²) < 4.78 is 7.84. The summed E-state index contributed by atoms with van der Waals surface area (Å²) in [5.74, 6) is -0.191. The van der Waals surface area contributed by atoms with Crippen LogP contribution in [0.15, 0.2) is 48.5 Å². The first-order valence-corrected chi connectivity index (χ1v) is 9.98. The Morgan fingerprint density at radius 1 is 1.13 bits per heavy atom. The number of carboxylic acids is 1. The van der Waals surface area contributed by atoms with Crippen LogP contribution in [0.2, 0.25) is 0 Å². The summed E-state index contributed by atoms with van der Waals surface area (Å²) >= 11 is 0. The first-order chi connectivity index (χ1) is 14.3. The average Bonchev–Trinajstić information content (AvgIpc) is 3.07. The highest BCUT2D eigenvalue weighted by Gasteiger charge is 2.14. The van der Waals surface area contributed by atoms with Crippen molar-refractivity contribution in [2.75, 3.05) is 0 Å². The fraction of sp³-hybridized carbons (Fsp3) is 0.280. The Morgan fingerprint density at radius 3 is 2.50 bits per heavy atom. The molecule has 1 aromatic heterocycles. The minimum atomic E-state index is -0.787. The quantitative estimate of drug-likeness (QED) is 0.578. The molecule has 0 saturated carbocycles. The number of ether oxygens (including phenoxy) is 1. The van der Waals surface area contributed by atoms with Crippen molar-refractivity contribution in [1.29, 1.82) is 5.26 Å². The molecule has 1 N–H and O–H groups in total. The SMILES string of the molecule is Cc1cc(CCC(=O)O)ccc1-c1ccc(-c2ccc(OC(C)C)c(C#N)c2)n1C. The molecule has 1 heterocycles. The number of rotatable bonds is 7. The summed E-state index contributed by atoms with van der Waals surface area (Å²) in [6.45, 7) is 5.92. The number of nitrogens with zero attached hydrogens (tertiary/aromatic N) is 2. The third-order valence-electron chi connectivity index (χ3n) is 5.07. The Hall–Kier alpha value is -3.52. The molecular formula is C25H26N2O3. The van der Waals surface area contributed by atoms with Gasteiger partial charge in [-0.05, 0) is 74.2 Å². The van der Waals surface area contributed by atoms with Crippen molar-refractivity contribution < 1.29 is 14.6 Å². The van der Waals surface area contributed by atoms with E-state index in [1.165, 1.54) is 0 Å². The van der Waals surface area contributed by atoms with E-state index in [0.29, 0.717) is 17.7 Å². The molecule has 0 spiro atoms. The summed E-state index contributed by atoms with van der Waals surface area (Å²) in [5.41, 5.74) is 6.76. The minimum Gasteiger partial charge on any atom is -0.490 e. The van der Waals surface area contributed by atoms with Gasteiger partial charge in [0.05, 0.1) is 11.7 Å². The zero-order valence-corrected chi connectivity index (χ0v) is 17.8. The molecule has 0 bridgehead atoms. The zero-order valence-electron chi connectivity index (χ0n) is 17.8. The molecule has 0 unspecified atom stereocenters. The van der Waals surface area contributed by atoms with Gasteiger partial charge in [0.2, 0.25) is 0 Å². The molecule has 0 aliphatic carbocycles. The topological polar surface area (TPSA) is 75.2 Å². The number of aliphatic carboxylic acids is 1. The van der Waals surface area contributed by atoms with E-state index < -0.39 is 5.97 Å². The van der Waals surface area contributed by atoms with Gasteiger partial charge in [-0.3, -0.25) is 4.79 Å². The first kappa shape index (κ1) is 21.2. The molecule has 5 nitrogen and oxygen atoms in total. The molecule has 0 aliphatic heterocycles. The fourth-order valence-corrected chi connectivity index (χ4v) is 3.62. The monoisotopic (exact) mass is 402 g/mol. The molecule has 0 radical (unpaired) electrons. The van der Waals surface area contributed by atoms with E-state index in [4.69, 9.17) is 9.84 Å². The van der Waals surface area contributed by atoms with E-state index in [-0.39, 0.29) is 12.5 Å². The van der Waals surface area contributed by atoms with Gasteiger partial charge in [-0.25, -0.2) is 0 Å². The Balaban J connectivity index is 1.93. The molecule has 0 saturated heterocycles. The Labute approximate surface area is 177 Å². The third kappa shape index (κ3) is 4.55. The van der Waals surface area contributed by atoms with Crippen molar-refractivity contribution in [2.24, 2.45) is 7.05 Å². The van der Waals surface area contributed by atoms with Gasteiger partial charge in [0.1, 0.15) is 11.8 Å². The summed E-state index contributed by atoms with van der Waals surface area (Å²) in [6.07, 6.45) is 0.660. The number of aryl methyl sites for hydroxylation is 2. The predicted molar refractivity (Wildman–Crippen MR) is 117 cm³/mol. The lowest BCUT2D eigenvalue weighted by atomic mass is 10.0. The van der Waals surface area contributed by atoms with Gasteiger partial charge in [-0.15, -0.1) is 0 Å². The second-order valence-electron chi connectivity index (χ2n) is 7.70. The van der Waals surface area contributed by atoms with Crippen molar-refractivity contribution in [1.82, 2.24) is 4.57 Å². The van der Waals surface area contributed by atoms with E-state index in [2.05, 4.69) is 22.8 Å². The highest BCUT2D eigenvalue weighted by molar-refractivity contribution is 5.73. The van der Waals surface area contributed by atoms with Gasteiger partial charge in [-0.2, -0.15) is 5.26 Å². The number of hydrogen-bond donors (Lipinski definition) is 1. The van der Waals surface area contributed by atoms with Crippen LogP contribution in [0.25, 0.3) is 22.5 Å². The van der Waals surface area contributed by atoms with Crippen LogP contribution in [-0.2, 0) is 18.3 Å². The van der Waals surface area contributed by atoms with Crippen LogP contribution in [0.5, 0.6) is 5.75 Å². The Kier molecular flexibility index (Phi) is 6.27. The molecule has 5 heteroatoms. The minimum absolute atomic E-state index is 0.00559. The lowest BCUT2D eigenvalue weighted by Gasteiger charge is -2.14. The number of aromatic nitrogens is 1. The molecule has 2 aromatic carbocycles. The summed E-state index contributed by atoms with van der Waals surface area (Å²) in [4.78, 5) is 10.8. The van der Waals surface area contributed by atoms with E-state index in [1.807, 2.05) is 64.2 Å². The average molecular weight is 402 g/mol. The normalized spacial score (nSPS) is 10.8. The fourth-order valence-electron chi connectivity index (χ4n) is 3.62. The van der Waals surface area contributed by atoms with Crippen LogP contribution in [0.4, 0.5) is 0 Å². The molecule has 3 rings (SSSR count). The molecule has 0 aliphatic rings. The maximum Gasteiger partial charge on any atom is 0.303 e. The van der Waals surface area contributed by atoms with Crippen molar-refractivity contribution in [3.63, 3.8) is 0 Å². The first-order valence-electron chi connectivity index (χ1n) is 9.98. The number of nitriles is 1. The van der Waals surface area contributed by atoms with E-state index >= 15 is 0 Å². The van der Waals surface area contributed by atoms with Gasteiger partial charge in [0.15, 0.2) is 0 Å². The second-order valence-corrected chi connectivity index (χ2v) is 7.70. The van der Waals surface area contributed by atoms with Crippen molar-refractivity contribution >= 4 is 5.97 Å². The van der Waals surface area contributed by atoms with E-state index in [1.54, 1.807) is 0 Å². The number of hydrogen-bond acceptors (Lipinski definition) is 3.